The molecule has 21 heavy (non-hydrogen) atoms. The predicted octanol–water partition coefficient (Wildman–Crippen LogP) is 1.45. The Morgan fingerprint density at radius 2 is 2.14 bits per heavy atom. The Bertz CT molecular complexity index is 504. The number of carbonyl (C=O) groups excluding carboxylic acids is 1. The van der Waals surface area contributed by atoms with E-state index in [1.165, 1.54) is 0 Å². The van der Waals surface area contributed by atoms with Crippen LogP contribution in [0.4, 0.5) is 0 Å². The van der Waals surface area contributed by atoms with E-state index in [0.717, 1.165) is 5.56 Å². The lowest BCUT2D eigenvalue weighted by Crippen LogP contribution is -2.43. The maximum absolute atomic E-state index is 12.5. The van der Waals surface area contributed by atoms with Crippen LogP contribution in [0.1, 0.15) is 32.3 Å². The van der Waals surface area contributed by atoms with Gasteiger partial charge in [0.15, 0.2) is 6.10 Å². The zero-order valence-electron chi connectivity index (χ0n) is 12.2. The molecule has 2 atom stereocenters. The first-order chi connectivity index (χ1) is 9.99. The van der Waals surface area contributed by atoms with Crippen molar-refractivity contribution in [2.24, 2.45) is 0 Å². The first-order valence-corrected chi connectivity index (χ1v) is 7.06. The number of carbonyl (C=O) groups is 2. The predicted molar refractivity (Wildman–Crippen MR) is 75.5 cm³/mol. The molecule has 6 nitrogen and oxygen atoms in total. The fourth-order valence-corrected chi connectivity index (χ4v) is 2.39. The van der Waals surface area contributed by atoms with Gasteiger partial charge in [0.25, 0.3) is 5.91 Å². The van der Waals surface area contributed by atoms with Crippen molar-refractivity contribution in [2.45, 2.75) is 51.5 Å². The highest BCUT2D eigenvalue weighted by Gasteiger charge is 2.37. The third-order valence-corrected chi connectivity index (χ3v) is 3.55. The van der Waals surface area contributed by atoms with Crippen LogP contribution in [0, 0.1) is 0 Å². The van der Waals surface area contributed by atoms with Gasteiger partial charge in [-0.1, -0.05) is 6.07 Å². The van der Waals surface area contributed by atoms with Gasteiger partial charge in [-0.15, -0.1) is 0 Å². The Morgan fingerprint density at radius 1 is 1.43 bits per heavy atom. The molecule has 114 valence electrons. The highest BCUT2D eigenvalue weighted by Crippen LogP contribution is 2.23. The molecule has 1 fully saturated rings. The van der Waals surface area contributed by atoms with Crippen LogP contribution in [-0.4, -0.2) is 45.1 Å². The number of carboxylic acids is 1. The van der Waals surface area contributed by atoms with E-state index >= 15 is 0 Å². The summed E-state index contributed by atoms with van der Waals surface area (Å²) in [6.07, 6.45) is 2.70. The van der Waals surface area contributed by atoms with E-state index in [-0.39, 0.29) is 11.9 Å². The van der Waals surface area contributed by atoms with Crippen LogP contribution in [0.15, 0.2) is 24.5 Å². The summed E-state index contributed by atoms with van der Waals surface area (Å²) >= 11 is 0. The van der Waals surface area contributed by atoms with Gasteiger partial charge in [0.05, 0.1) is 0 Å². The molecular formula is C15H20N2O4. The molecule has 0 bridgehead atoms. The Kier molecular flexibility index (Phi) is 4.90. The zero-order valence-corrected chi connectivity index (χ0v) is 12.2. The molecule has 1 amide bonds. The molecule has 2 rings (SSSR count). The summed E-state index contributed by atoms with van der Waals surface area (Å²) in [5.74, 6) is -1.16. The van der Waals surface area contributed by atoms with Crippen molar-refractivity contribution in [3.8, 4) is 0 Å². The van der Waals surface area contributed by atoms with Gasteiger partial charge in [0.2, 0.25) is 0 Å². The molecule has 0 saturated carbocycles. The maximum Gasteiger partial charge on any atom is 0.332 e. The Morgan fingerprint density at radius 3 is 2.67 bits per heavy atom. The summed E-state index contributed by atoms with van der Waals surface area (Å²) in [5, 5.41) is 8.94. The lowest BCUT2D eigenvalue weighted by molar-refractivity contribution is -0.155. The molecule has 0 aromatic carbocycles. The van der Waals surface area contributed by atoms with Crippen LogP contribution in [-0.2, 0) is 20.9 Å². The van der Waals surface area contributed by atoms with Gasteiger partial charge in [-0.25, -0.2) is 4.79 Å². The molecule has 1 saturated heterocycles. The van der Waals surface area contributed by atoms with Crippen molar-refractivity contribution in [3.05, 3.63) is 30.1 Å². The van der Waals surface area contributed by atoms with Gasteiger partial charge in [0, 0.05) is 25.0 Å². The average Bonchev–Trinajstić information content (AvgIpc) is 2.95. The second kappa shape index (κ2) is 6.67. The summed E-state index contributed by atoms with van der Waals surface area (Å²) in [6.45, 7) is 4.30. The Labute approximate surface area is 123 Å². The van der Waals surface area contributed by atoms with E-state index in [2.05, 4.69) is 4.98 Å². The van der Waals surface area contributed by atoms with Crippen molar-refractivity contribution in [2.75, 3.05) is 0 Å². The normalized spacial score (nSPS) is 21.5. The van der Waals surface area contributed by atoms with Gasteiger partial charge in [-0.05, 0) is 38.3 Å². The summed E-state index contributed by atoms with van der Waals surface area (Å²) < 4.78 is 5.35. The van der Waals surface area contributed by atoms with Crippen LogP contribution < -0.4 is 0 Å². The quantitative estimate of drug-likeness (QED) is 0.888. The minimum absolute atomic E-state index is 0.00480. The number of hydrogen-bond acceptors (Lipinski definition) is 4. The lowest BCUT2D eigenvalue weighted by atomic mass is 10.1. The van der Waals surface area contributed by atoms with E-state index in [4.69, 9.17) is 9.84 Å². The Hall–Kier alpha value is -1.95. The van der Waals surface area contributed by atoms with Gasteiger partial charge < -0.3 is 14.7 Å². The van der Waals surface area contributed by atoms with Crippen LogP contribution in [0.3, 0.4) is 0 Å². The van der Waals surface area contributed by atoms with Crippen LogP contribution in [0.5, 0.6) is 0 Å². The third-order valence-electron chi connectivity index (χ3n) is 3.55. The molecule has 1 aliphatic heterocycles. The minimum atomic E-state index is -1.01. The van der Waals surface area contributed by atoms with E-state index in [1.54, 1.807) is 17.3 Å². The number of aromatic nitrogens is 1. The first-order valence-electron chi connectivity index (χ1n) is 7.06. The Balaban J connectivity index is 2.05. The third kappa shape index (κ3) is 3.78. The molecule has 2 heterocycles. The minimum Gasteiger partial charge on any atom is -0.479 e. The highest BCUT2D eigenvalue weighted by atomic mass is 16.5. The van der Waals surface area contributed by atoms with E-state index in [9.17, 15) is 9.59 Å². The number of amides is 1. The fourth-order valence-electron chi connectivity index (χ4n) is 2.39. The van der Waals surface area contributed by atoms with Crippen molar-refractivity contribution in [1.29, 1.82) is 0 Å². The topological polar surface area (TPSA) is 79.7 Å². The van der Waals surface area contributed by atoms with E-state index in [1.807, 2.05) is 26.0 Å². The van der Waals surface area contributed by atoms with Gasteiger partial charge >= 0.3 is 5.97 Å². The summed E-state index contributed by atoms with van der Waals surface area (Å²) in [7, 11) is 0. The SMILES string of the molecule is CC(C)N(Cc1cccnc1)C(=O)[C@@H]1CC[C@H](C(=O)O)O1. The summed E-state index contributed by atoms with van der Waals surface area (Å²) in [4.78, 5) is 29.2. The molecule has 1 aromatic heterocycles. The number of hydrogen-bond donors (Lipinski definition) is 1. The van der Waals surface area contributed by atoms with E-state index < -0.39 is 18.2 Å². The zero-order chi connectivity index (χ0) is 15.4. The molecule has 1 aromatic rings. The number of pyridine rings is 1. The van der Waals surface area contributed by atoms with E-state index in [0.29, 0.717) is 19.4 Å². The molecule has 1 aliphatic rings. The van der Waals surface area contributed by atoms with Crippen molar-refractivity contribution in [1.82, 2.24) is 9.88 Å². The average molecular weight is 292 g/mol. The number of aliphatic carboxylic acids is 1. The second-order valence-corrected chi connectivity index (χ2v) is 5.45. The second-order valence-electron chi connectivity index (χ2n) is 5.45. The number of rotatable bonds is 5. The molecule has 6 heteroatoms. The van der Waals surface area contributed by atoms with Crippen LogP contribution in [0.2, 0.25) is 0 Å². The van der Waals surface area contributed by atoms with Crippen molar-refractivity contribution >= 4 is 11.9 Å². The standard InChI is InChI=1S/C15H20N2O4/c1-10(2)17(9-11-4-3-7-16-8-11)14(18)12-5-6-13(21-12)15(19)20/h3-4,7-8,10,12-13H,5-6,9H2,1-2H3,(H,19,20)/t12-,13+/m0/s1. The highest BCUT2D eigenvalue weighted by molar-refractivity contribution is 5.83. The first kappa shape index (κ1) is 15.4. The van der Waals surface area contributed by atoms with Gasteiger partial charge in [-0.2, -0.15) is 0 Å². The number of carboxylic acid groups (broad SMARTS) is 1. The smallest absolute Gasteiger partial charge is 0.332 e. The lowest BCUT2D eigenvalue weighted by Gasteiger charge is -2.29. The number of ether oxygens (including phenoxy) is 1. The molecular weight excluding hydrogens is 272 g/mol. The molecule has 0 aliphatic carbocycles. The van der Waals surface area contributed by atoms with Crippen LogP contribution in [0.25, 0.3) is 0 Å². The van der Waals surface area contributed by atoms with Gasteiger partial charge in [-0.3, -0.25) is 9.78 Å². The molecule has 0 unspecified atom stereocenters. The largest absolute Gasteiger partial charge is 0.479 e. The molecule has 0 radical (unpaired) electrons. The number of nitrogens with zero attached hydrogens (tertiary/aromatic N) is 2. The molecule has 0 spiro atoms. The van der Waals surface area contributed by atoms with Gasteiger partial charge in [0.1, 0.15) is 6.10 Å². The van der Waals surface area contributed by atoms with Crippen LogP contribution >= 0.6 is 0 Å². The fraction of sp³-hybridized carbons (Fsp3) is 0.533. The molecule has 1 N–H and O–H groups in total. The van der Waals surface area contributed by atoms with Crippen molar-refractivity contribution < 1.29 is 19.4 Å². The summed E-state index contributed by atoms with van der Waals surface area (Å²) in [6, 6.07) is 3.74. The summed E-state index contributed by atoms with van der Waals surface area (Å²) in [5.41, 5.74) is 0.937. The monoisotopic (exact) mass is 292 g/mol. The van der Waals surface area contributed by atoms with Crippen molar-refractivity contribution in [3.63, 3.8) is 0 Å². The maximum atomic E-state index is 12.5.